The Balaban J connectivity index is 2.06. The van der Waals surface area contributed by atoms with Gasteiger partial charge in [0, 0.05) is 12.6 Å². The fourth-order valence-electron chi connectivity index (χ4n) is 1.95. The van der Waals surface area contributed by atoms with Gasteiger partial charge in [0.2, 0.25) is 0 Å². The largest absolute Gasteiger partial charge is 0.393 e. The monoisotopic (exact) mass is 127 g/mol. The molecule has 3 fully saturated rings. The van der Waals surface area contributed by atoms with E-state index in [1.54, 1.807) is 0 Å². The van der Waals surface area contributed by atoms with Gasteiger partial charge >= 0.3 is 0 Å². The highest BCUT2D eigenvalue weighted by Gasteiger charge is 2.33. The molecule has 2 bridgehead atoms. The van der Waals surface area contributed by atoms with Gasteiger partial charge in [-0.25, -0.2) is 0 Å². The van der Waals surface area contributed by atoms with Crippen molar-refractivity contribution in [2.24, 2.45) is 5.92 Å². The van der Waals surface area contributed by atoms with Gasteiger partial charge in [0.05, 0.1) is 6.10 Å². The number of hydrogen-bond donors (Lipinski definition) is 2. The zero-order valence-electron chi connectivity index (χ0n) is 5.51. The summed E-state index contributed by atoms with van der Waals surface area (Å²) in [4.78, 5) is 0. The fraction of sp³-hybridized carbons (Fsp3) is 1.00. The van der Waals surface area contributed by atoms with E-state index < -0.39 is 0 Å². The minimum Gasteiger partial charge on any atom is -0.393 e. The van der Waals surface area contributed by atoms with E-state index in [1.807, 2.05) is 0 Å². The lowest BCUT2D eigenvalue weighted by molar-refractivity contribution is 0.0228. The van der Waals surface area contributed by atoms with Crippen molar-refractivity contribution in [2.75, 3.05) is 6.54 Å². The summed E-state index contributed by atoms with van der Waals surface area (Å²) in [5.74, 6) is 0.565. The summed E-state index contributed by atoms with van der Waals surface area (Å²) >= 11 is 0. The van der Waals surface area contributed by atoms with Crippen molar-refractivity contribution in [3.63, 3.8) is 0 Å². The molecule has 2 heteroatoms. The summed E-state index contributed by atoms with van der Waals surface area (Å²) in [5.41, 5.74) is 0. The first kappa shape index (κ1) is 5.69. The summed E-state index contributed by atoms with van der Waals surface area (Å²) in [5, 5.41) is 12.7. The van der Waals surface area contributed by atoms with Crippen LogP contribution in [-0.2, 0) is 0 Å². The van der Waals surface area contributed by atoms with Gasteiger partial charge in [-0.05, 0) is 25.2 Å². The standard InChI is InChI=1S/C7H13NO/c9-7-3-6-2-1-5(7)4-8-6/h5-9H,1-4H2/t5-,6-,7+/m0/s1. The van der Waals surface area contributed by atoms with Crippen LogP contribution in [0, 0.1) is 5.92 Å². The van der Waals surface area contributed by atoms with E-state index in [1.165, 1.54) is 12.8 Å². The Labute approximate surface area is 55.3 Å². The van der Waals surface area contributed by atoms with Crippen LogP contribution in [0.3, 0.4) is 0 Å². The summed E-state index contributed by atoms with van der Waals surface area (Å²) in [7, 11) is 0. The van der Waals surface area contributed by atoms with Crippen LogP contribution in [-0.4, -0.2) is 23.8 Å². The Morgan fingerprint density at radius 2 is 2.22 bits per heavy atom. The lowest BCUT2D eigenvalue weighted by Crippen LogP contribution is -2.51. The zero-order valence-corrected chi connectivity index (χ0v) is 5.51. The number of hydrogen-bond acceptors (Lipinski definition) is 2. The van der Waals surface area contributed by atoms with Gasteiger partial charge in [-0.1, -0.05) is 0 Å². The van der Waals surface area contributed by atoms with Gasteiger partial charge in [0.1, 0.15) is 0 Å². The number of aliphatic hydroxyl groups excluding tert-OH is 1. The van der Waals surface area contributed by atoms with E-state index in [0.29, 0.717) is 12.0 Å². The molecule has 1 aliphatic carbocycles. The molecule has 2 N–H and O–H groups in total. The normalized spacial score (nSPS) is 49.7. The average Bonchev–Trinajstić information content (AvgIpc) is 1.90. The van der Waals surface area contributed by atoms with Crippen LogP contribution >= 0.6 is 0 Å². The maximum Gasteiger partial charge on any atom is 0.0595 e. The molecule has 1 saturated carbocycles. The molecule has 2 saturated heterocycles. The molecular weight excluding hydrogens is 114 g/mol. The molecule has 2 nitrogen and oxygen atoms in total. The van der Waals surface area contributed by atoms with Crippen LogP contribution in [0.2, 0.25) is 0 Å². The van der Waals surface area contributed by atoms with Crippen molar-refractivity contribution in [1.29, 1.82) is 0 Å². The number of rotatable bonds is 0. The SMILES string of the molecule is O[C@@H]1C[C@@H]2CC[C@H]1CN2. The Hall–Kier alpha value is -0.0800. The third-order valence-electron chi connectivity index (χ3n) is 2.62. The third-order valence-corrected chi connectivity index (χ3v) is 2.62. The fourth-order valence-corrected chi connectivity index (χ4v) is 1.95. The highest BCUT2D eigenvalue weighted by Crippen LogP contribution is 2.28. The molecule has 0 aromatic carbocycles. The molecule has 2 heterocycles. The van der Waals surface area contributed by atoms with Crippen LogP contribution in [0.25, 0.3) is 0 Å². The predicted molar refractivity (Wildman–Crippen MR) is 35.1 cm³/mol. The number of aliphatic hydroxyl groups is 1. The molecule has 0 spiro atoms. The summed E-state index contributed by atoms with van der Waals surface area (Å²) < 4.78 is 0. The highest BCUT2D eigenvalue weighted by atomic mass is 16.3. The Kier molecular flexibility index (Phi) is 1.24. The van der Waals surface area contributed by atoms with Gasteiger partial charge in [-0.2, -0.15) is 0 Å². The first-order chi connectivity index (χ1) is 4.36. The molecule has 3 rings (SSSR count). The number of piperidine rings is 2. The smallest absolute Gasteiger partial charge is 0.0595 e. The Bertz CT molecular complexity index is 107. The lowest BCUT2D eigenvalue weighted by atomic mass is 9.79. The lowest BCUT2D eigenvalue weighted by Gasteiger charge is -2.40. The molecule has 0 unspecified atom stereocenters. The Morgan fingerprint density at radius 1 is 1.33 bits per heavy atom. The van der Waals surface area contributed by atoms with Crippen LogP contribution in [0.4, 0.5) is 0 Å². The van der Waals surface area contributed by atoms with E-state index >= 15 is 0 Å². The quantitative estimate of drug-likeness (QED) is 0.484. The maximum absolute atomic E-state index is 9.36. The van der Waals surface area contributed by atoms with Gasteiger partial charge in [0.15, 0.2) is 0 Å². The van der Waals surface area contributed by atoms with Gasteiger partial charge in [-0.3, -0.25) is 0 Å². The number of nitrogens with one attached hydrogen (secondary N) is 1. The van der Waals surface area contributed by atoms with Crippen molar-refractivity contribution < 1.29 is 5.11 Å². The van der Waals surface area contributed by atoms with Crippen molar-refractivity contribution in [3.05, 3.63) is 0 Å². The van der Waals surface area contributed by atoms with E-state index in [0.717, 1.165) is 13.0 Å². The second-order valence-electron chi connectivity index (χ2n) is 3.25. The molecule has 9 heavy (non-hydrogen) atoms. The average molecular weight is 127 g/mol. The van der Waals surface area contributed by atoms with E-state index in [4.69, 9.17) is 0 Å². The molecule has 3 aliphatic rings. The molecule has 0 aromatic heterocycles. The predicted octanol–water partition coefficient (Wildman–Crippen LogP) is 0.119. The highest BCUT2D eigenvalue weighted by molar-refractivity contribution is 4.90. The summed E-state index contributed by atoms with van der Waals surface area (Å²) in [6.45, 7) is 1.05. The van der Waals surface area contributed by atoms with Crippen molar-refractivity contribution >= 4 is 0 Å². The summed E-state index contributed by atoms with van der Waals surface area (Å²) in [6.07, 6.45) is 3.51. The topological polar surface area (TPSA) is 32.3 Å². The van der Waals surface area contributed by atoms with E-state index in [-0.39, 0.29) is 6.10 Å². The van der Waals surface area contributed by atoms with Crippen LogP contribution in [0.1, 0.15) is 19.3 Å². The molecular formula is C7H13NO. The maximum atomic E-state index is 9.36. The molecule has 52 valence electrons. The van der Waals surface area contributed by atoms with Gasteiger partial charge in [-0.15, -0.1) is 0 Å². The molecule has 2 aliphatic heterocycles. The van der Waals surface area contributed by atoms with Crippen molar-refractivity contribution in [3.8, 4) is 0 Å². The molecule has 0 amide bonds. The van der Waals surface area contributed by atoms with E-state index in [2.05, 4.69) is 5.32 Å². The first-order valence-electron chi connectivity index (χ1n) is 3.78. The summed E-state index contributed by atoms with van der Waals surface area (Å²) in [6, 6.07) is 0.630. The minimum atomic E-state index is 0.00463. The van der Waals surface area contributed by atoms with Crippen LogP contribution < -0.4 is 5.32 Å². The van der Waals surface area contributed by atoms with Crippen LogP contribution in [0.5, 0.6) is 0 Å². The molecule has 0 radical (unpaired) electrons. The number of fused-ring (bicyclic) bond motifs is 3. The minimum absolute atomic E-state index is 0.00463. The molecule has 3 atom stereocenters. The van der Waals surface area contributed by atoms with Gasteiger partial charge < -0.3 is 10.4 Å². The van der Waals surface area contributed by atoms with Gasteiger partial charge in [0.25, 0.3) is 0 Å². The molecule has 0 aromatic rings. The zero-order chi connectivity index (χ0) is 6.27. The van der Waals surface area contributed by atoms with Crippen molar-refractivity contribution in [2.45, 2.75) is 31.4 Å². The second-order valence-corrected chi connectivity index (χ2v) is 3.25. The van der Waals surface area contributed by atoms with Crippen LogP contribution in [0.15, 0.2) is 0 Å². The first-order valence-corrected chi connectivity index (χ1v) is 3.78. The second kappa shape index (κ2) is 1.96. The van der Waals surface area contributed by atoms with Crippen molar-refractivity contribution in [1.82, 2.24) is 5.32 Å². The van der Waals surface area contributed by atoms with E-state index in [9.17, 15) is 5.11 Å². The third kappa shape index (κ3) is 0.864. The Morgan fingerprint density at radius 3 is 2.44 bits per heavy atom.